The summed E-state index contributed by atoms with van der Waals surface area (Å²) < 4.78 is 0. The molecule has 0 radical (unpaired) electrons. The molecule has 0 amide bonds. The molecule has 4 aromatic rings. The number of nitrogens with one attached hydrogen (secondary N) is 4. The van der Waals surface area contributed by atoms with Gasteiger partial charge in [-0.3, -0.25) is 9.98 Å². The van der Waals surface area contributed by atoms with Crippen LogP contribution >= 0.6 is 0 Å². The quantitative estimate of drug-likeness (QED) is 0.438. The Labute approximate surface area is 168 Å². The van der Waals surface area contributed by atoms with Crippen LogP contribution in [-0.2, 0) is 6.42 Å². The van der Waals surface area contributed by atoms with E-state index in [-0.39, 0.29) is 0 Å². The van der Waals surface area contributed by atoms with Crippen molar-refractivity contribution in [1.82, 2.24) is 20.6 Å². The van der Waals surface area contributed by atoms with Crippen molar-refractivity contribution in [1.29, 1.82) is 0 Å². The Morgan fingerprint density at radius 2 is 1.21 bits per heavy atom. The van der Waals surface area contributed by atoms with Crippen LogP contribution in [0.1, 0.15) is 22.3 Å². The molecule has 0 fully saturated rings. The van der Waals surface area contributed by atoms with Crippen LogP contribution in [0.25, 0.3) is 21.8 Å². The van der Waals surface area contributed by atoms with Gasteiger partial charge in [-0.2, -0.15) is 0 Å². The summed E-state index contributed by atoms with van der Waals surface area (Å²) >= 11 is 0. The molecule has 6 nitrogen and oxygen atoms in total. The fourth-order valence-corrected chi connectivity index (χ4v) is 4.35. The summed E-state index contributed by atoms with van der Waals surface area (Å²) in [5.41, 5.74) is 7.21. The topological polar surface area (TPSA) is 80.4 Å². The van der Waals surface area contributed by atoms with E-state index in [0.717, 1.165) is 66.4 Å². The van der Waals surface area contributed by atoms with Gasteiger partial charge in [0.2, 0.25) is 0 Å². The first-order valence-corrected chi connectivity index (χ1v) is 10.1. The molecular weight excluding hydrogens is 360 g/mol. The first-order valence-electron chi connectivity index (χ1n) is 10.1. The molecular formula is C23H22N6. The molecule has 2 aliphatic rings. The summed E-state index contributed by atoms with van der Waals surface area (Å²) in [4.78, 5) is 15.9. The van der Waals surface area contributed by atoms with E-state index >= 15 is 0 Å². The van der Waals surface area contributed by atoms with Crippen molar-refractivity contribution in [3.05, 3.63) is 71.0 Å². The zero-order valence-electron chi connectivity index (χ0n) is 16.0. The summed E-state index contributed by atoms with van der Waals surface area (Å²) in [7, 11) is 0. The highest BCUT2D eigenvalue weighted by Crippen LogP contribution is 2.27. The lowest BCUT2D eigenvalue weighted by Crippen LogP contribution is -2.19. The lowest BCUT2D eigenvalue weighted by atomic mass is 10.0. The average Bonchev–Trinajstić information content (AvgIpc) is 3.55. The number of hydrogen-bond donors (Lipinski definition) is 4. The van der Waals surface area contributed by atoms with Gasteiger partial charge in [0, 0.05) is 64.8 Å². The van der Waals surface area contributed by atoms with Crippen LogP contribution in [0.2, 0.25) is 0 Å². The van der Waals surface area contributed by atoms with E-state index < -0.39 is 0 Å². The smallest absolute Gasteiger partial charge is 0.128 e. The van der Waals surface area contributed by atoms with Crippen LogP contribution in [0.3, 0.4) is 0 Å². The van der Waals surface area contributed by atoms with Crippen molar-refractivity contribution in [3.63, 3.8) is 0 Å². The minimum absolute atomic E-state index is 0.856. The van der Waals surface area contributed by atoms with E-state index in [0.29, 0.717) is 0 Å². The monoisotopic (exact) mass is 382 g/mol. The van der Waals surface area contributed by atoms with Crippen molar-refractivity contribution < 1.29 is 0 Å². The van der Waals surface area contributed by atoms with Crippen LogP contribution in [-0.4, -0.2) is 47.8 Å². The molecule has 0 unspecified atom stereocenters. The maximum atomic E-state index is 4.52. The molecule has 0 bridgehead atoms. The van der Waals surface area contributed by atoms with Crippen LogP contribution in [0.4, 0.5) is 0 Å². The molecule has 2 aromatic heterocycles. The third-order valence-electron chi connectivity index (χ3n) is 5.81. The number of fused-ring (bicyclic) bond motifs is 2. The summed E-state index contributed by atoms with van der Waals surface area (Å²) in [5, 5.41) is 9.22. The predicted octanol–water partition coefficient (Wildman–Crippen LogP) is 2.94. The zero-order chi connectivity index (χ0) is 19.2. The average molecular weight is 382 g/mol. The van der Waals surface area contributed by atoms with Crippen LogP contribution in [0, 0.1) is 0 Å². The minimum atomic E-state index is 0.856. The van der Waals surface area contributed by atoms with Gasteiger partial charge < -0.3 is 20.6 Å². The highest BCUT2D eigenvalue weighted by atomic mass is 15.1. The van der Waals surface area contributed by atoms with Gasteiger partial charge in [0.05, 0.1) is 13.1 Å². The molecule has 29 heavy (non-hydrogen) atoms. The van der Waals surface area contributed by atoms with E-state index in [1.165, 1.54) is 21.9 Å². The summed E-state index contributed by atoms with van der Waals surface area (Å²) in [5.74, 6) is 1.99. The number of aliphatic imine (C=N–C) groups is 2. The van der Waals surface area contributed by atoms with E-state index in [1.54, 1.807) is 0 Å². The molecule has 6 rings (SSSR count). The molecule has 6 heteroatoms. The SMILES string of the molecule is c1cc2c(Cc3c[nH]c4cc(C5=NCCN5)ccc34)c[nH]c2cc1C1=NCCN1. The standard InChI is InChI=1S/C23H22N6/c1-3-18-16(12-28-20(18)10-14(1)22-24-5-6-25-22)9-17-13-29-21-11-15(2-4-19(17)21)23-26-7-8-27-23/h1-4,10-13,28-29H,5-9H2,(H,24,25)(H,26,27). The Morgan fingerprint density at radius 3 is 1.66 bits per heavy atom. The molecule has 2 aromatic carbocycles. The Bertz CT molecular complexity index is 1190. The Hall–Kier alpha value is -3.54. The van der Waals surface area contributed by atoms with Crippen molar-refractivity contribution in [2.45, 2.75) is 6.42 Å². The molecule has 144 valence electrons. The van der Waals surface area contributed by atoms with Crippen LogP contribution in [0.5, 0.6) is 0 Å². The number of hydrogen-bond acceptors (Lipinski definition) is 4. The van der Waals surface area contributed by atoms with Gasteiger partial charge in [0.25, 0.3) is 0 Å². The van der Waals surface area contributed by atoms with Gasteiger partial charge in [-0.1, -0.05) is 24.3 Å². The molecule has 4 heterocycles. The number of rotatable bonds is 4. The number of nitrogens with zero attached hydrogens (tertiary/aromatic N) is 2. The summed E-state index contributed by atoms with van der Waals surface area (Å²) in [6.07, 6.45) is 5.14. The van der Waals surface area contributed by atoms with Crippen molar-refractivity contribution in [2.24, 2.45) is 9.98 Å². The van der Waals surface area contributed by atoms with Gasteiger partial charge in [-0.25, -0.2) is 0 Å². The molecule has 2 aliphatic heterocycles. The number of benzene rings is 2. The second kappa shape index (κ2) is 6.51. The zero-order valence-corrected chi connectivity index (χ0v) is 16.0. The lowest BCUT2D eigenvalue weighted by Gasteiger charge is -2.04. The van der Waals surface area contributed by atoms with Gasteiger partial charge in [0.15, 0.2) is 0 Å². The molecule has 0 saturated carbocycles. The Kier molecular flexibility index (Phi) is 3.69. The third-order valence-corrected chi connectivity index (χ3v) is 5.81. The number of aromatic amines is 2. The first kappa shape index (κ1) is 16.4. The van der Waals surface area contributed by atoms with E-state index in [4.69, 9.17) is 0 Å². The van der Waals surface area contributed by atoms with Gasteiger partial charge in [-0.05, 0) is 23.3 Å². The number of aromatic nitrogens is 2. The molecule has 0 saturated heterocycles. The largest absolute Gasteiger partial charge is 0.368 e. The van der Waals surface area contributed by atoms with Crippen molar-refractivity contribution >= 4 is 33.5 Å². The molecule has 4 N–H and O–H groups in total. The lowest BCUT2D eigenvalue weighted by molar-refractivity contribution is 0.960. The Balaban J connectivity index is 1.32. The van der Waals surface area contributed by atoms with Gasteiger partial charge in [-0.15, -0.1) is 0 Å². The number of H-pyrrole nitrogens is 2. The fraction of sp³-hybridized carbons (Fsp3) is 0.217. The van der Waals surface area contributed by atoms with Crippen molar-refractivity contribution in [3.8, 4) is 0 Å². The third kappa shape index (κ3) is 2.79. The molecule has 0 atom stereocenters. The van der Waals surface area contributed by atoms with Crippen molar-refractivity contribution in [2.75, 3.05) is 26.2 Å². The normalized spacial score (nSPS) is 16.1. The molecule has 0 spiro atoms. The first-order chi connectivity index (χ1) is 14.3. The fourth-order valence-electron chi connectivity index (χ4n) is 4.35. The van der Waals surface area contributed by atoms with E-state index in [9.17, 15) is 0 Å². The van der Waals surface area contributed by atoms with Crippen LogP contribution < -0.4 is 10.6 Å². The predicted molar refractivity (Wildman–Crippen MR) is 118 cm³/mol. The van der Waals surface area contributed by atoms with E-state index in [2.05, 4.69) is 79.4 Å². The second-order valence-electron chi connectivity index (χ2n) is 7.64. The van der Waals surface area contributed by atoms with Gasteiger partial charge in [0.1, 0.15) is 11.7 Å². The second-order valence-corrected chi connectivity index (χ2v) is 7.64. The number of amidine groups is 2. The highest BCUT2D eigenvalue weighted by Gasteiger charge is 2.14. The summed E-state index contributed by atoms with van der Waals surface area (Å²) in [6.45, 7) is 3.56. The maximum Gasteiger partial charge on any atom is 0.128 e. The van der Waals surface area contributed by atoms with Crippen LogP contribution in [0.15, 0.2) is 58.8 Å². The highest BCUT2D eigenvalue weighted by molar-refractivity contribution is 6.03. The maximum absolute atomic E-state index is 4.52. The van der Waals surface area contributed by atoms with Gasteiger partial charge >= 0.3 is 0 Å². The summed E-state index contributed by atoms with van der Waals surface area (Å²) in [6, 6.07) is 13.1. The minimum Gasteiger partial charge on any atom is -0.368 e. The molecule has 0 aliphatic carbocycles. The Morgan fingerprint density at radius 1 is 0.690 bits per heavy atom. The van der Waals surface area contributed by atoms with E-state index in [1.807, 2.05) is 0 Å².